The van der Waals surface area contributed by atoms with Crippen LogP contribution in [0, 0.1) is 5.92 Å². The fourth-order valence-corrected chi connectivity index (χ4v) is 2.66. The number of amides is 2. The Labute approximate surface area is 115 Å². The summed E-state index contributed by atoms with van der Waals surface area (Å²) in [5.41, 5.74) is 0. The molecule has 19 heavy (non-hydrogen) atoms. The number of carboxylic acid groups (broad SMARTS) is 1. The lowest BCUT2D eigenvalue weighted by molar-refractivity contribution is -0.137. The van der Waals surface area contributed by atoms with E-state index in [0.29, 0.717) is 12.3 Å². The number of hydrogen-bond acceptors (Lipinski definition) is 2. The van der Waals surface area contributed by atoms with Crippen LogP contribution >= 0.6 is 0 Å². The molecule has 1 aliphatic heterocycles. The van der Waals surface area contributed by atoms with E-state index in [2.05, 4.69) is 19.2 Å². The number of urea groups is 1. The second-order valence-electron chi connectivity index (χ2n) is 5.59. The number of aliphatic carboxylic acids is 1. The van der Waals surface area contributed by atoms with Crippen LogP contribution in [0.15, 0.2) is 0 Å². The molecular weight excluding hydrogens is 244 g/mol. The number of likely N-dealkylation sites (tertiary alicyclic amines) is 1. The number of rotatable bonds is 5. The van der Waals surface area contributed by atoms with Crippen molar-refractivity contribution in [1.29, 1.82) is 0 Å². The average Bonchev–Trinajstić information content (AvgIpc) is 2.32. The van der Waals surface area contributed by atoms with E-state index in [-0.39, 0.29) is 24.5 Å². The maximum atomic E-state index is 12.2. The molecule has 3 unspecified atom stereocenters. The molecule has 1 aliphatic rings. The van der Waals surface area contributed by atoms with Gasteiger partial charge in [-0.05, 0) is 32.1 Å². The Morgan fingerprint density at radius 1 is 1.42 bits per heavy atom. The molecule has 0 radical (unpaired) electrons. The molecule has 2 N–H and O–H groups in total. The Balaban J connectivity index is 2.57. The molecule has 1 fully saturated rings. The second-order valence-corrected chi connectivity index (χ2v) is 5.59. The number of hydrogen-bond donors (Lipinski definition) is 2. The van der Waals surface area contributed by atoms with Gasteiger partial charge in [0, 0.05) is 18.6 Å². The van der Waals surface area contributed by atoms with Crippen molar-refractivity contribution in [2.75, 3.05) is 6.54 Å². The van der Waals surface area contributed by atoms with Gasteiger partial charge in [0.1, 0.15) is 0 Å². The standard InChI is InChI=1S/C14H26N2O3/c1-4-6-12(9-13(17)18)15-14(19)16-8-5-7-10(2)11(16)3/h10-12H,4-9H2,1-3H3,(H,15,19)(H,17,18). The normalized spacial score (nSPS) is 24.9. The lowest BCUT2D eigenvalue weighted by atomic mass is 9.92. The van der Waals surface area contributed by atoms with Crippen molar-refractivity contribution in [3.05, 3.63) is 0 Å². The second kappa shape index (κ2) is 7.36. The SMILES string of the molecule is CCCC(CC(=O)O)NC(=O)N1CCCC(C)C1C. The van der Waals surface area contributed by atoms with E-state index in [4.69, 9.17) is 5.11 Å². The van der Waals surface area contributed by atoms with Gasteiger partial charge in [-0.3, -0.25) is 4.79 Å². The van der Waals surface area contributed by atoms with Gasteiger partial charge in [0.2, 0.25) is 0 Å². The summed E-state index contributed by atoms with van der Waals surface area (Å²) in [6.07, 6.45) is 3.74. The first-order chi connectivity index (χ1) is 8.95. The van der Waals surface area contributed by atoms with E-state index in [1.165, 1.54) is 0 Å². The minimum absolute atomic E-state index is 0.00262. The fourth-order valence-electron chi connectivity index (χ4n) is 2.66. The minimum atomic E-state index is -0.862. The van der Waals surface area contributed by atoms with Gasteiger partial charge in [-0.2, -0.15) is 0 Å². The van der Waals surface area contributed by atoms with Crippen LogP contribution in [0.1, 0.15) is 52.9 Å². The summed E-state index contributed by atoms with van der Waals surface area (Å²) in [7, 11) is 0. The predicted octanol–water partition coefficient (Wildman–Crippen LogP) is 2.46. The van der Waals surface area contributed by atoms with Crippen LogP contribution in [-0.2, 0) is 4.79 Å². The van der Waals surface area contributed by atoms with Crippen LogP contribution in [0.4, 0.5) is 4.79 Å². The molecule has 1 heterocycles. The summed E-state index contributed by atoms with van der Waals surface area (Å²) in [4.78, 5) is 24.9. The van der Waals surface area contributed by atoms with E-state index in [1.54, 1.807) is 0 Å². The number of nitrogens with zero attached hydrogens (tertiary/aromatic N) is 1. The molecule has 0 aromatic heterocycles. The molecule has 1 rings (SSSR count). The van der Waals surface area contributed by atoms with Gasteiger partial charge in [0.05, 0.1) is 6.42 Å². The number of nitrogens with one attached hydrogen (secondary N) is 1. The third kappa shape index (κ3) is 4.73. The van der Waals surface area contributed by atoms with Crippen molar-refractivity contribution in [3.63, 3.8) is 0 Å². The van der Waals surface area contributed by atoms with Crippen molar-refractivity contribution < 1.29 is 14.7 Å². The maximum absolute atomic E-state index is 12.2. The zero-order valence-electron chi connectivity index (χ0n) is 12.2. The van der Waals surface area contributed by atoms with Crippen LogP contribution in [0.3, 0.4) is 0 Å². The molecule has 0 aliphatic carbocycles. The molecule has 5 heteroatoms. The fraction of sp³-hybridized carbons (Fsp3) is 0.857. The van der Waals surface area contributed by atoms with Crippen molar-refractivity contribution in [3.8, 4) is 0 Å². The Kier molecular flexibility index (Phi) is 6.12. The molecule has 0 spiro atoms. The van der Waals surface area contributed by atoms with Crippen LogP contribution in [0.5, 0.6) is 0 Å². The molecule has 0 saturated carbocycles. The highest BCUT2D eigenvalue weighted by molar-refractivity contribution is 5.76. The molecule has 0 aromatic rings. The Hall–Kier alpha value is -1.26. The zero-order valence-corrected chi connectivity index (χ0v) is 12.2. The lowest BCUT2D eigenvalue weighted by Gasteiger charge is -2.38. The van der Waals surface area contributed by atoms with E-state index in [0.717, 1.165) is 25.8 Å². The lowest BCUT2D eigenvalue weighted by Crippen LogP contribution is -2.52. The average molecular weight is 270 g/mol. The highest BCUT2D eigenvalue weighted by Crippen LogP contribution is 2.22. The van der Waals surface area contributed by atoms with E-state index < -0.39 is 5.97 Å². The smallest absolute Gasteiger partial charge is 0.317 e. The Morgan fingerprint density at radius 3 is 2.68 bits per heavy atom. The number of carbonyl (C=O) groups excluding carboxylic acids is 1. The van der Waals surface area contributed by atoms with E-state index >= 15 is 0 Å². The number of piperidine rings is 1. The van der Waals surface area contributed by atoms with Gasteiger partial charge in [0.15, 0.2) is 0 Å². The molecular formula is C14H26N2O3. The summed E-state index contributed by atoms with van der Waals surface area (Å²) in [5.74, 6) is -0.359. The molecule has 1 saturated heterocycles. The topological polar surface area (TPSA) is 69.6 Å². The first kappa shape index (κ1) is 15.8. The van der Waals surface area contributed by atoms with Crippen LogP contribution < -0.4 is 5.32 Å². The maximum Gasteiger partial charge on any atom is 0.317 e. The van der Waals surface area contributed by atoms with Gasteiger partial charge in [-0.15, -0.1) is 0 Å². The van der Waals surface area contributed by atoms with Crippen LogP contribution in [-0.4, -0.2) is 40.6 Å². The van der Waals surface area contributed by atoms with Crippen molar-refractivity contribution in [2.24, 2.45) is 5.92 Å². The summed E-state index contributed by atoms with van der Waals surface area (Å²) < 4.78 is 0. The van der Waals surface area contributed by atoms with Gasteiger partial charge in [0.25, 0.3) is 0 Å². The van der Waals surface area contributed by atoms with Crippen LogP contribution in [0.2, 0.25) is 0 Å². The summed E-state index contributed by atoms with van der Waals surface area (Å²) >= 11 is 0. The first-order valence-corrected chi connectivity index (χ1v) is 7.24. The Morgan fingerprint density at radius 2 is 2.11 bits per heavy atom. The molecule has 0 aromatic carbocycles. The van der Waals surface area contributed by atoms with Gasteiger partial charge in [-0.25, -0.2) is 4.79 Å². The van der Waals surface area contributed by atoms with E-state index in [9.17, 15) is 9.59 Å². The number of carbonyl (C=O) groups is 2. The molecule has 0 bridgehead atoms. The predicted molar refractivity (Wildman–Crippen MR) is 74.0 cm³/mol. The third-order valence-electron chi connectivity index (χ3n) is 4.02. The Bertz CT molecular complexity index is 320. The van der Waals surface area contributed by atoms with Crippen molar-refractivity contribution in [1.82, 2.24) is 10.2 Å². The first-order valence-electron chi connectivity index (χ1n) is 7.24. The third-order valence-corrected chi connectivity index (χ3v) is 4.02. The summed E-state index contributed by atoms with van der Waals surface area (Å²) in [6.45, 7) is 6.98. The molecule has 5 nitrogen and oxygen atoms in total. The molecule has 110 valence electrons. The summed E-state index contributed by atoms with van der Waals surface area (Å²) in [5, 5.41) is 11.7. The van der Waals surface area contributed by atoms with Crippen molar-refractivity contribution in [2.45, 2.75) is 65.0 Å². The van der Waals surface area contributed by atoms with Gasteiger partial charge >= 0.3 is 12.0 Å². The van der Waals surface area contributed by atoms with Crippen LogP contribution in [0.25, 0.3) is 0 Å². The summed E-state index contributed by atoms with van der Waals surface area (Å²) in [6, 6.07) is -0.154. The highest BCUT2D eigenvalue weighted by Gasteiger charge is 2.29. The van der Waals surface area contributed by atoms with E-state index in [1.807, 2.05) is 11.8 Å². The quantitative estimate of drug-likeness (QED) is 0.806. The molecule has 2 amide bonds. The molecule has 3 atom stereocenters. The number of carboxylic acids is 1. The van der Waals surface area contributed by atoms with Crippen molar-refractivity contribution >= 4 is 12.0 Å². The largest absolute Gasteiger partial charge is 0.481 e. The van der Waals surface area contributed by atoms with Gasteiger partial charge in [-0.1, -0.05) is 20.3 Å². The highest BCUT2D eigenvalue weighted by atomic mass is 16.4. The zero-order chi connectivity index (χ0) is 14.4. The monoisotopic (exact) mass is 270 g/mol. The van der Waals surface area contributed by atoms with Gasteiger partial charge < -0.3 is 15.3 Å². The minimum Gasteiger partial charge on any atom is -0.481 e.